The second kappa shape index (κ2) is 9.70. The summed E-state index contributed by atoms with van der Waals surface area (Å²) in [6, 6.07) is 6.29. The number of hydrogen-bond acceptors (Lipinski definition) is 8. The fraction of sp³-hybridized carbons (Fsp3) is 0.391. The minimum atomic E-state index is -0.110. The molecule has 1 atom stereocenters. The predicted octanol–water partition coefficient (Wildman–Crippen LogP) is 3.46. The molecule has 1 amide bonds. The number of aromatic nitrogens is 2. The molecule has 0 aromatic carbocycles. The molecule has 2 aromatic rings. The zero-order valence-corrected chi connectivity index (χ0v) is 19.3. The number of thiol groups is 1. The van der Waals surface area contributed by atoms with Crippen LogP contribution in [0.2, 0.25) is 0 Å². The Bertz CT molecular complexity index is 1030. The molecule has 0 radical (unpaired) electrons. The van der Waals surface area contributed by atoms with Gasteiger partial charge in [0.05, 0.1) is 28.4 Å². The quantitative estimate of drug-likeness (QED) is 0.345. The van der Waals surface area contributed by atoms with Gasteiger partial charge in [0.1, 0.15) is 11.6 Å². The molecule has 2 aliphatic rings. The molecular weight excluding hydrogens is 422 g/mol. The minimum absolute atomic E-state index is 0.110. The van der Waals surface area contributed by atoms with Gasteiger partial charge in [-0.1, -0.05) is 6.07 Å². The third kappa shape index (κ3) is 5.46. The summed E-state index contributed by atoms with van der Waals surface area (Å²) in [7, 11) is 0. The number of likely N-dealkylation sites (tertiary alicyclic amines) is 1. The first kappa shape index (κ1) is 22.3. The molecule has 4 rings (SSSR count). The summed E-state index contributed by atoms with van der Waals surface area (Å²) in [5.41, 5.74) is 3.18. The molecule has 3 heterocycles. The lowest BCUT2D eigenvalue weighted by Gasteiger charge is -2.41. The van der Waals surface area contributed by atoms with E-state index in [4.69, 9.17) is 0 Å². The normalized spacial score (nSPS) is 17.6. The zero-order chi connectivity index (χ0) is 22.7. The number of pyridine rings is 2. The van der Waals surface area contributed by atoms with E-state index >= 15 is 0 Å². The van der Waals surface area contributed by atoms with Crippen molar-refractivity contribution < 1.29 is 4.79 Å². The van der Waals surface area contributed by atoms with Gasteiger partial charge in [0.25, 0.3) is 5.91 Å². The Morgan fingerprint density at radius 3 is 2.78 bits per heavy atom. The molecule has 1 aliphatic heterocycles. The molecule has 1 unspecified atom stereocenters. The lowest BCUT2D eigenvalue weighted by atomic mass is 10.1. The summed E-state index contributed by atoms with van der Waals surface area (Å²) in [4.78, 5) is 27.9. The molecule has 0 spiro atoms. The topological polar surface area (TPSA) is 94.5 Å². The van der Waals surface area contributed by atoms with E-state index in [1.54, 1.807) is 12.4 Å². The maximum atomic E-state index is 12.9. The SMILES string of the molecule is C=N/C=C\c1nc(Nc2cc(NC3CC3)c(C(=O)NC3CN(C(C)S)C3)cn2)ccc1C. The standard InChI is InChI=1S/C23H29N7OS/c1-14-4-7-21(28-19(14)8-9-24-3)29-22-10-20(26-16-5-6-16)18(11-25-22)23(31)27-17-12-30(13-17)15(2)32/h4,7-11,15-17,32H,3,5-6,12-13H2,1-2H3,(H,27,31)(H2,25,26,28,29)/b9-8-. The molecule has 1 saturated carbocycles. The highest BCUT2D eigenvalue weighted by Gasteiger charge is 2.31. The summed E-state index contributed by atoms with van der Waals surface area (Å²) in [5, 5.41) is 10.0. The van der Waals surface area contributed by atoms with Gasteiger partial charge in [0.2, 0.25) is 0 Å². The molecule has 1 saturated heterocycles. The highest BCUT2D eigenvalue weighted by atomic mass is 32.1. The summed E-state index contributed by atoms with van der Waals surface area (Å²) in [6.07, 6.45) is 7.26. The van der Waals surface area contributed by atoms with Crippen molar-refractivity contribution in [3.05, 3.63) is 47.4 Å². The molecule has 168 valence electrons. The zero-order valence-electron chi connectivity index (χ0n) is 18.4. The van der Waals surface area contributed by atoms with Gasteiger partial charge in [-0.3, -0.25) is 14.7 Å². The number of aryl methyl sites for hydroxylation is 1. The molecule has 8 nitrogen and oxygen atoms in total. The first-order valence-corrected chi connectivity index (χ1v) is 11.3. The van der Waals surface area contributed by atoms with Crippen molar-refractivity contribution in [2.75, 3.05) is 23.7 Å². The highest BCUT2D eigenvalue weighted by Crippen LogP contribution is 2.29. The molecule has 2 aromatic heterocycles. The first-order chi connectivity index (χ1) is 15.4. The third-order valence-corrected chi connectivity index (χ3v) is 5.92. The van der Waals surface area contributed by atoms with Gasteiger partial charge in [-0.15, -0.1) is 0 Å². The van der Waals surface area contributed by atoms with Gasteiger partial charge in [-0.2, -0.15) is 12.6 Å². The minimum Gasteiger partial charge on any atom is -0.382 e. The van der Waals surface area contributed by atoms with Crippen LogP contribution in [0.15, 0.2) is 35.6 Å². The highest BCUT2D eigenvalue weighted by molar-refractivity contribution is 7.80. The van der Waals surface area contributed by atoms with Crippen LogP contribution in [0.25, 0.3) is 6.08 Å². The summed E-state index contributed by atoms with van der Waals surface area (Å²) < 4.78 is 0. The van der Waals surface area contributed by atoms with Crippen LogP contribution in [-0.2, 0) is 0 Å². The Kier molecular flexibility index (Phi) is 6.76. The Morgan fingerprint density at radius 1 is 1.31 bits per heavy atom. The monoisotopic (exact) mass is 451 g/mol. The maximum Gasteiger partial charge on any atom is 0.255 e. The van der Waals surface area contributed by atoms with E-state index in [-0.39, 0.29) is 17.3 Å². The Labute approximate surface area is 194 Å². The number of amides is 1. The molecule has 32 heavy (non-hydrogen) atoms. The Balaban J connectivity index is 1.49. The molecule has 3 N–H and O–H groups in total. The van der Waals surface area contributed by atoms with E-state index in [2.05, 4.69) is 55.2 Å². The van der Waals surface area contributed by atoms with Crippen LogP contribution in [0, 0.1) is 6.92 Å². The van der Waals surface area contributed by atoms with Crippen molar-refractivity contribution in [3.8, 4) is 0 Å². The van der Waals surface area contributed by atoms with E-state index in [0.29, 0.717) is 23.2 Å². The van der Waals surface area contributed by atoms with Gasteiger partial charge < -0.3 is 16.0 Å². The van der Waals surface area contributed by atoms with Crippen LogP contribution in [0.5, 0.6) is 0 Å². The van der Waals surface area contributed by atoms with Crippen molar-refractivity contribution in [2.24, 2.45) is 4.99 Å². The van der Waals surface area contributed by atoms with Gasteiger partial charge in [0, 0.05) is 37.6 Å². The first-order valence-electron chi connectivity index (χ1n) is 10.8. The van der Waals surface area contributed by atoms with Gasteiger partial charge >= 0.3 is 0 Å². The van der Waals surface area contributed by atoms with Crippen LogP contribution >= 0.6 is 12.6 Å². The predicted molar refractivity (Wildman–Crippen MR) is 133 cm³/mol. The van der Waals surface area contributed by atoms with Crippen LogP contribution in [0.3, 0.4) is 0 Å². The molecule has 0 bridgehead atoms. The number of carbonyl (C=O) groups excluding carboxylic acids is 1. The summed E-state index contributed by atoms with van der Waals surface area (Å²) >= 11 is 4.44. The van der Waals surface area contributed by atoms with Gasteiger partial charge in [0.15, 0.2) is 0 Å². The third-order valence-electron chi connectivity index (χ3n) is 5.59. The van der Waals surface area contributed by atoms with Crippen LogP contribution < -0.4 is 16.0 Å². The van der Waals surface area contributed by atoms with E-state index in [0.717, 1.165) is 42.9 Å². The van der Waals surface area contributed by atoms with Gasteiger partial charge in [-0.05, 0) is 51.1 Å². The number of anilines is 3. The average Bonchev–Trinajstić information content (AvgIpc) is 3.54. The molecular formula is C23H29N7OS. The lowest BCUT2D eigenvalue weighted by molar-refractivity contribution is 0.0801. The summed E-state index contributed by atoms with van der Waals surface area (Å²) in [6.45, 7) is 9.10. The van der Waals surface area contributed by atoms with E-state index in [1.165, 1.54) is 0 Å². The Hall–Kier alpha value is -2.91. The number of hydrogen-bond donors (Lipinski definition) is 4. The number of nitrogens with one attached hydrogen (secondary N) is 3. The molecule has 9 heteroatoms. The van der Waals surface area contributed by atoms with Crippen molar-refractivity contribution in [1.82, 2.24) is 20.2 Å². The van der Waals surface area contributed by atoms with Crippen LogP contribution in [-0.4, -0.2) is 58.0 Å². The fourth-order valence-corrected chi connectivity index (χ4v) is 3.67. The van der Waals surface area contributed by atoms with Crippen molar-refractivity contribution >= 4 is 48.7 Å². The molecule has 2 fully saturated rings. The number of carbonyl (C=O) groups is 1. The van der Waals surface area contributed by atoms with Crippen LogP contribution in [0.1, 0.15) is 41.4 Å². The van der Waals surface area contributed by atoms with E-state index in [1.807, 2.05) is 38.1 Å². The Morgan fingerprint density at radius 2 is 2.09 bits per heavy atom. The fourth-order valence-electron chi connectivity index (χ4n) is 3.48. The maximum absolute atomic E-state index is 12.9. The largest absolute Gasteiger partial charge is 0.382 e. The van der Waals surface area contributed by atoms with E-state index in [9.17, 15) is 4.79 Å². The lowest BCUT2D eigenvalue weighted by Crippen LogP contribution is -2.60. The van der Waals surface area contributed by atoms with Crippen molar-refractivity contribution in [1.29, 1.82) is 0 Å². The van der Waals surface area contributed by atoms with E-state index < -0.39 is 0 Å². The van der Waals surface area contributed by atoms with Crippen LogP contribution in [0.4, 0.5) is 17.3 Å². The average molecular weight is 452 g/mol. The second-order valence-electron chi connectivity index (χ2n) is 8.31. The smallest absolute Gasteiger partial charge is 0.255 e. The number of aliphatic imine (C=N–C) groups is 1. The second-order valence-corrected chi connectivity index (χ2v) is 9.06. The van der Waals surface area contributed by atoms with Crippen molar-refractivity contribution in [2.45, 2.75) is 44.1 Å². The van der Waals surface area contributed by atoms with Crippen molar-refractivity contribution in [3.63, 3.8) is 0 Å². The molecule has 1 aliphatic carbocycles. The number of rotatable bonds is 9. The number of nitrogens with zero attached hydrogens (tertiary/aromatic N) is 4. The summed E-state index contributed by atoms with van der Waals surface area (Å²) in [5.74, 6) is 1.18. The van der Waals surface area contributed by atoms with Gasteiger partial charge in [-0.25, -0.2) is 9.97 Å².